The average Bonchev–Trinajstić information content (AvgIpc) is 3.21. The molecule has 1 amide bonds. The van der Waals surface area contributed by atoms with E-state index in [1.54, 1.807) is 15.2 Å². The first-order chi connectivity index (χ1) is 16.2. The van der Waals surface area contributed by atoms with Crippen molar-refractivity contribution < 1.29 is 22.7 Å². The highest BCUT2D eigenvalue weighted by atomic mass is 32.1. The van der Waals surface area contributed by atoms with Crippen LogP contribution in [0.15, 0.2) is 27.4 Å². The van der Waals surface area contributed by atoms with Gasteiger partial charge in [-0.15, -0.1) is 11.3 Å². The average molecular weight is 498 g/mol. The number of amides is 1. The molecule has 10 nitrogen and oxygen atoms in total. The van der Waals surface area contributed by atoms with Gasteiger partial charge in [-0.05, 0) is 17.4 Å². The highest BCUT2D eigenvalue weighted by Gasteiger charge is 2.32. The van der Waals surface area contributed by atoms with E-state index in [1.165, 1.54) is 11.3 Å². The molecule has 0 spiro atoms. The van der Waals surface area contributed by atoms with Crippen LogP contribution >= 0.6 is 11.3 Å². The van der Waals surface area contributed by atoms with E-state index in [1.807, 2.05) is 0 Å². The molecule has 0 unspecified atom stereocenters. The lowest BCUT2D eigenvalue weighted by Gasteiger charge is -2.34. The van der Waals surface area contributed by atoms with Crippen LogP contribution in [-0.2, 0) is 22.1 Å². The Bertz CT molecular complexity index is 1260. The molecule has 4 heterocycles. The van der Waals surface area contributed by atoms with Crippen molar-refractivity contribution in [3.8, 4) is 0 Å². The number of halogens is 3. The number of thiophene rings is 1. The zero-order chi connectivity index (χ0) is 24.3. The molecule has 34 heavy (non-hydrogen) atoms. The normalized spacial score (nSPS) is 14.7. The number of piperazine rings is 1. The third kappa shape index (κ3) is 5.44. The molecule has 0 saturated carbocycles. The van der Waals surface area contributed by atoms with Gasteiger partial charge in [-0.2, -0.15) is 13.2 Å². The third-order valence-electron chi connectivity index (χ3n) is 5.40. The summed E-state index contributed by atoms with van der Waals surface area (Å²) in [4.78, 5) is 51.5. The topological polar surface area (TPSA) is 124 Å². The maximum absolute atomic E-state index is 12.6. The Labute approximate surface area is 194 Å². The van der Waals surface area contributed by atoms with E-state index in [0.29, 0.717) is 49.4 Å². The van der Waals surface area contributed by atoms with E-state index in [9.17, 15) is 27.6 Å². The lowest BCUT2D eigenvalue weighted by molar-refractivity contribution is -0.138. The van der Waals surface area contributed by atoms with Gasteiger partial charge in [0.1, 0.15) is 4.70 Å². The number of ether oxygens (including phenoxy) is 1. The number of nitrogens with zero attached hydrogens (tertiary/aromatic N) is 4. The standard InChI is InChI=1S/C20H21F3N6O4S/c21-20(22,23)13-9-24-18(25-10-13)29-5-3-28(4-6-29)14(30)2-8-33-7-1-12-11-34-16-15(12)26-19(32)27-17(16)31/h9-11H,1-8H2,(H2,26,27,31,32). The van der Waals surface area contributed by atoms with Crippen molar-refractivity contribution in [2.75, 3.05) is 44.3 Å². The van der Waals surface area contributed by atoms with Gasteiger partial charge in [0, 0.05) is 38.6 Å². The summed E-state index contributed by atoms with van der Waals surface area (Å²) in [6.07, 6.45) is -2.30. The van der Waals surface area contributed by atoms with E-state index in [2.05, 4.69) is 19.9 Å². The van der Waals surface area contributed by atoms with Crippen molar-refractivity contribution in [1.82, 2.24) is 24.8 Å². The molecule has 4 rings (SSSR count). The summed E-state index contributed by atoms with van der Waals surface area (Å²) in [6, 6.07) is 0. The van der Waals surface area contributed by atoms with Crippen molar-refractivity contribution in [3.05, 3.63) is 49.7 Å². The van der Waals surface area contributed by atoms with Crippen molar-refractivity contribution in [3.63, 3.8) is 0 Å². The lowest BCUT2D eigenvalue weighted by atomic mass is 10.2. The summed E-state index contributed by atoms with van der Waals surface area (Å²) in [5.74, 6) is 0.123. The fourth-order valence-electron chi connectivity index (χ4n) is 3.57. The molecule has 3 aromatic rings. The van der Waals surface area contributed by atoms with Gasteiger partial charge in [0.2, 0.25) is 11.9 Å². The van der Waals surface area contributed by atoms with E-state index >= 15 is 0 Å². The zero-order valence-corrected chi connectivity index (χ0v) is 18.7. The van der Waals surface area contributed by atoms with Crippen molar-refractivity contribution in [1.29, 1.82) is 0 Å². The van der Waals surface area contributed by atoms with Gasteiger partial charge >= 0.3 is 11.9 Å². The minimum atomic E-state index is -4.48. The molecule has 0 aromatic carbocycles. The molecular formula is C20H21F3N6O4S. The van der Waals surface area contributed by atoms with Gasteiger partial charge in [0.05, 0.1) is 30.7 Å². The summed E-state index contributed by atoms with van der Waals surface area (Å²) >= 11 is 1.24. The number of fused-ring (bicyclic) bond motifs is 1. The summed E-state index contributed by atoms with van der Waals surface area (Å²) in [6.45, 7) is 2.20. The highest BCUT2D eigenvalue weighted by Crippen LogP contribution is 2.28. The Morgan fingerprint density at radius 3 is 2.47 bits per heavy atom. The Morgan fingerprint density at radius 1 is 1.09 bits per heavy atom. The third-order valence-corrected chi connectivity index (χ3v) is 6.42. The molecule has 1 fully saturated rings. The Balaban J connectivity index is 1.19. The summed E-state index contributed by atoms with van der Waals surface area (Å²) in [5, 5.41) is 1.80. The van der Waals surface area contributed by atoms with Gasteiger partial charge in [-0.1, -0.05) is 0 Å². The van der Waals surface area contributed by atoms with Crippen LogP contribution in [0.2, 0.25) is 0 Å². The molecule has 1 saturated heterocycles. The molecule has 0 aliphatic carbocycles. The second-order valence-electron chi connectivity index (χ2n) is 7.62. The smallest absolute Gasteiger partial charge is 0.381 e. The molecule has 0 radical (unpaired) electrons. The number of nitrogens with one attached hydrogen (secondary N) is 2. The summed E-state index contributed by atoms with van der Waals surface area (Å²) < 4.78 is 43.9. The number of alkyl halides is 3. The molecule has 14 heteroatoms. The number of rotatable bonds is 7. The molecule has 1 aliphatic heterocycles. The number of aromatic amines is 2. The number of hydrogen-bond acceptors (Lipinski definition) is 8. The largest absolute Gasteiger partial charge is 0.419 e. The summed E-state index contributed by atoms with van der Waals surface area (Å²) in [7, 11) is 0. The monoisotopic (exact) mass is 498 g/mol. The molecular weight excluding hydrogens is 477 g/mol. The van der Waals surface area contributed by atoms with Crippen LogP contribution in [0.1, 0.15) is 17.5 Å². The predicted molar refractivity (Wildman–Crippen MR) is 118 cm³/mol. The second-order valence-corrected chi connectivity index (χ2v) is 8.50. The first-order valence-electron chi connectivity index (χ1n) is 10.4. The van der Waals surface area contributed by atoms with Crippen LogP contribution in [0.3, 0.4) is 0 Å². The van der Waals surface area contributed by atoms with Crippen molar-refractivity contribution in [2.24, 2.45) is 0 Å². The van der Waals surface area contributed by atoms with Crippen LogP contribution in [0.25, 0.3) is 10.2 Å². The maximum Gasteiger partial charge on any atom is 0.419 e. The maximum atomic E-state index is 12.6. The zero-order valence-electron chi connectivity index (χ0n) is 17.9. The van der Waals surface area contributed by atoms with Crippen LogP contribution in [0.4, 0.5) is 19.1 Å². The van der Waals surface area contributed by atoms with Gasteiger partial charge in [-0.25, -0.2) is 14.8 Å². The minimum Gasteiger partial charge on any atom is -0.381 e. The van der Waals surface area contributed by atoms with E-state index in [-0.39, 0.29) is 24.9 Å². The number of H-pyrrole nitrogens is 2. The molecule has 182 valence electrons. The second kappa shape index (κ2) is 9.93. The number of carbonyl (C=O) groups is 1. The first-order valence-corrected chi connectivity index (χ1v) is 11.3. The van der Waals surface area contributed by atoms with Crippen LogP contribution in [0.5, 0.6) is 0 Å². The van der Waals surface area contributed by atoms with Crippen LogP contribution in [-0.4, -0.2) is 70.1 Å². The summed E-state index contributed by atoms with van der Waals surface area (Å²) in [5.41, 5.74) is -0.580. The number of anilines is 1. The highest BCUT2D eigenvalue weighted by molar-refractivity contribution is 7.17. The number of aromatic nitrogens is 4. The molecule has 0 atom stereocenters. The Morgan fingerprint density at radius 2 is 1.79 bits per heavy atom. The van der Waals surface area contributed by atoms with Crippen molar-refractivity contribution >= 4 is 33.4 Å². The van der Waals surface area contributed by atoms with Gasteiger partial charge in [0.25, 0.3) is 5.56 Å². The molecule has 0 bridgehead atoms. The fourth-order valence-corrected chi connectivity index (χ4v) is 4.53. The van der Waals surface area contributed by atoms with Crippen LogP contribution < -0.4 is 16.1 Å². The Kier molecular flexibility index (Phi) is 6.97. The first kappa shape index (κ1) is 23.9. The Hall–Kier alpha value is -3.26. The van der Waals surface area contributed by atoms with Crippen molar-refractivity contribution in [2.45, 2.75) is 19.0 Å². The van der Waals surface area contributed by atoms with Gasteiger partial charge < -0.3 is 19.5 Å². The predicted octanol–water partition coefficient (Wildman–Crippen LogP) is 1.38. The van der Waals surface area contributed by atoms with E-state index in [4.69, 9.17) is 4.74 Å². The molecule has 3 aromatic heterocycles. The number of hydrogen-bond donors (Lipinski definition) is 2. The van der Waals surface area contributed by atoms with E-state index in [0.717, 1.165) is 18.0 Å². The quantitative estimate of drug-likeness (QED) is 0.472. The lowest BCUT2D eigenvalue weighted by Crippen LogP contribution is -2.49. The van der Waals surface area contributed by atoms with Gasteiger partial charge in [0.15, 0.2) is 0 Å². The van der Waals surface area contributed by atoms with Gasteiger partial charge in [-0.3, -0.25) is 14.6 Å². The van der Waals surface area contributed by atoms with E-state index < -0.39 is 23.0 Å². The fraction of sp³-hybridized carbons (Fsp3) is 0.450. The molecule has 1 aliphatic rings. The SMILES string of the molecule is O=C(CCOCCc1csc2c(=O)[nH]c(=O)[nH]c12)N1CCN(c2ncc(C(F)(F)F)cn2)CC1. The van der Waals surface area contributed by atoms with Crippen LogP contribution in [0, 0.1) is 0 Å². The number of carbonyl (C=O) groups excluding carboxylic acids is 1. The molecule has 2 N–H and O–H groups in total. The minimum absolute atomic E-state index is 0.0789.